The lowest BCUT2D eigenvalue weighted by atomic mass is 10.1. The van der Waals surface area contributed by atoms with Crippen molar-refractivity contribution in [1.29, 1.82) is 0 Å². The molecule has 1 saturated heterocycles. The maximum Gasteiger partial charge on any atom is 0.317 e. The molecule has 22 heavy (non-hydrogen) atoms. The highest BCUT2D eigenvalue weighted by Gasteiger charge is 2.35. The second-order valence-corrected chi connectivity index (χ2v) is 6.27. The molecule has 2 fully saturated rings. The third kappa shape index (κ3) is 3.41. The monoisotopic (exact) mass is 307 g/mol. The van der Waals surface area contributed by atoms with Crippen molar-refractivity contribution in [2.75, 3.05) is 40.4 Å². The van der Waals surface area contributed by atoms with Crippen LogP contribution in [0.3, 0.4) is 0 Å². The van der Waals surface area contributed by atoms with Crippen LogP contribution < -0.4 is 5.32 Å². The van der Waals surface area contributed by atoms with Crippen LogP contribution >= 0.6 is 0 Å². The van der Waals surface area contributed by atoms with Crippen LogP contribution in [-0.4, -0.2) is 72.2 Å². The van der Waals surface area contributed by atoms with Gasteiger partial charge in [-0.3, -0.25) is 4.90 Å². The Morgan fingerprint density at radius 3 is 3.00 bits per heavy atom. The average molecular weight is 307 g/mol. The number of urea groups is 1. The second-order valence-electron chi connectivity index (χ2n) is 6.27. The first-order valence-corrected chi connectivity index (χ1v) is 7.93. The van der Waals surface area contributed by atoms with Gasteiger partial charge in [-0.1, -0.05) is 0 Å². The summed E-state index contributed by atoms with van der Waals surface area (Å²) in [7, 11) is 3.75. The Labute approximate surface area is 131 Å². The number of imidazole rings is 1. The third-order valence-electron chi connectivity index (χ3n) is 4.62. The lowest BCUT2D eigenvalue weighted by Crippen LogP contribution is -2.54. The van der Waals surface area contributed by atoms with Gasteiger partial charge in [0.15, 0.2) is 0 Å². The molecule has 1 aliphatic heterocycles. The number of aromatic nitrogens is 2. The van der Waals surface area contributed by atoms with E-state index in [4.69, 9.17) is 4.74 Å². The molecule has 0 aromatic carbocycles. The lowest BCUT2D eigenvalue weighted by molar-refractivity contribution is 0.0987. The first-order chi connectivity index (χ1) is 10.7. The fraction of sp³-hybridized carbons (Fsp3) is 0.733. The number of piperazine rings is 1. The molecule has 7 heteroatoms. The summed E-state index contributed by atoms with van der Waals surface area (Å²) >= 11 is 0. The summed E-state index contributed by atoms with van der Waals surface area (Å²) in [5.74, 6) is 1.49. The number of methoxy groups -OCH3 is 1. The van der Waals surface area contributed by atoms with E-state index in [1.807, 2.05) is 11.1 Å². The average Bonchev–Trinajstić information content (AvgIpc) is 3.22. The molecule has 122 valence electrons. The van der Waals surface area contributed by atoms with Crippen LogP contribution in [0.15, 0.2) is 12.4 Å². The van der Waals surface area contributed by atoms with Crippen LogP contribution in [-0.2, 0) is 4.74 Å². The van der Waals surface area contributed by atoms with Gasteiger partial charge in [-0.2, -0.15) is 0 Å². The topological polar surface area (TPSA) is 73.5 Å². The predicted molar refractivity (Wildman–Crippen MR) is 82.5 cm³/mol. The molecule has 2 aliphatic rings. The Morgan fingerprint density at radius 2 is 2.36 bits per heavy atom. The van der Waals surface area contributed by atoms with Gasteiger partial charge in [0.05, 0.1) is 18.7 Å². The Kier molecular flexibility index (Phi) is 4.63. The highest BCUT2D eigenvalue weighted by Crippen LogP contribution is 2.33. The molecule has 0 bridgehead atoms. The highest BCUT2D eigenvalue weighted by molar-refractivity contribution is 5.74. The van der Waals surface area contributed by atoms with Crippen LogP contribution in [0.4, 0.5) is 4.79 Å². The number of aromatic amines is 1. The second kappa shape index (κ2) is 6.66. The zero-order chi connectivity index (χ0) is 15.5. The van der Waals surface area contributed by atoms with Gasteiger partial charge in [-0.15, -0.1) is 0 Å². The summed E-state index contributed by atoms with van der Waals surface area (Å²) in [6, 6.07) is 0.272. The Balaban J connectivity index is 1.60. The number of hydrogen-bond acceptors (Lipinski definition) is 4. The number of ether oxygens (including phenoxy) is 1. The zero-order valence-corrected chi connectivity index (χ0v) is 13.3. The number of likely N-dealkylation sites (N-methyl/N-ethyl adjacent to an activating group) is 1. The highest BCUT2D eigenvalue weighted by atomic mass is 16.5. The minimum absolute atomic E-state index is 0.0126. The van der Waals surface area contributed by atoms with Gasteiger partial charge in [0.2, 0.25) is 0 Å². The summed E-state index contributed by atoms with van der Waals surface area (Å²) in [5, 5.41) is 3.14. The summed E-state index contributed by atoms with van der Waals surface area (Å²) in [6.45, 7) is 2.83. The standard InChI is InChI=1S/C15H25N5O2/c1-19-7-8-20(9-13(19)14-16-5-6-17-14)15(21)18-12(10-22-2)11-3-4-11/h5-6,11-13H,3-4,7-10H2,1-2H3,(H,16,17)(H,18,21). The quantitative estimate of drug-likeness (QED) is 0.845. The van der Waals surface area contributed by atoms with E-state index in [0.29, 0.717) is 19.1 Å². The van der Waals surface area contributed by atoms with Crippen molar-refractivity contribution in [1.82, 2.24) is 25.1 Å². The first kappa shape index (κ1) is 15.3. The van der Waals surface area contributed by atoms with Crippen molar-refractivity contribution in [2.24, 2.45) is 5.92 Å². The number of H-pyrrole nitrogens is 1. The van der Waals surface area contributed by atoms with E-state index in [2.05, 4.69) is 27.2 Å². The smallest absolute Gasteiger partial charge is 0.317 e. The Morgan fingerprint density at radius 1 is 1.55 bits per heavy atom. The molecule has 0 radical (unpaired) electrons. The maximum atomic E-state index is 12.5. The number of carbonyl (C=O) groups excluding carboxylic acids is 1. The van der Waals surface area contributed by atoms with Crippen molar-refractivity contribution in [3.63, 3.8) is 0 Å². The number of carbonyl (C=O) groups is 1. The van der Waals surface area contributed by atoms with Crippen molar-refractivity contribution in [3.05, 3.63) is 18.2 Å². The van der Waals surface area contributed by atoms with Gasteiger partial charge in [0.25, 0.3) is 0 Å². The number of nitrogens with zero attached hydrogens (tertiary/aromatic N) is 3. The molecule has 1 saturated carbocycles. The van der Waals surface area contributed by atoms with Crippen LogP contribution in [0.5, 0.6) is 0 Å². The molecule has 2 heterocycles. The van der Waals surface area contributed by atoms with Gasteiger partial charge in [-0.05, 0) is 25.8 Å². The van der Waals surface area contributed by atoms with Gasteiger partial charge >= 0.3 is 6.03 Å². The minimum atomic E-state index is 0.0126. The SMILES string of the molecule is COCC(NC(=O)N1CCN(C)C(c2ncc[nH]2)C1)C1CC1. The summed E-state index contributed by atoms with van der Waals surface area (Å²) in [6.07, 6.45) is 5.95. The van der Waals surface area contributed by atoms with E-state index in [0.717, 1.165) is 18.9 Å². The molecular weight excluding hydrogens is 282 g/mol. The molecular formula is C15H25N5O2. The van der Waals surface area contributed by atoms with E-state index in [1.165, 1.54) is 12.8 Å². The molecule has 3 rings (SSSR count). The van der Waals surface area contributed by atoms with Crippen LogP contribution in [0, 0.1) is 5.92 Å². The molecule has 7 nitrogen and oxygen atoms in total. The van der Waals surface area contributed by atoms with E-state index in [-0.39, 0.29) is 18.1 Å². The van der Waals surface area contributed by atoms with E-state index >= 15 is 0 Å². The number of amides is 2. The lowest BCUT2D eigenvalue weighted by Gasteiger charge is -2.39. The Bertz CT molecular complexity index is 488. The maximum absolute atomic E-state index is 12.5. The predicted octanol–water partition coefficient (Wildman–Crippen LogP) is 0.833. The van der Waals surface area contributed by atoms with Crippen LogP contribution in [0.25, 0.3) is 0 Å². The normalized spacial score (nSPS) is 24.3. The molecule has 1 aliphatic carbocycles. The van der Waals surface area contributed by atoms with Gasteiger partial charge in [0.1, 0.15) is 5.82 Å². The summed E-state index contributed by atoms with van der Waals surface area (Å²) in [4.78, 5) is 24.2. The van der Waals surface area contributed by atoms with E-state index in [9.17, 15) is 4.79 Å². The van der Waals surface area contributed by atoms with Gasteiger partial charge < -0.3 is 19.9 Å². The van der Waals surface area contributed by atoms with Crippen LogP contribution in [0.1, 0.15) is 24.7 Å². The molecule has 2 atom stereocenters. The molecule has 2 N–H and O–H groups in total. The summed E-state index contributed by atoms with van der Waals surface area (Å²) in [5.41, 5.74) is 0. The number of nitrogens with one attached hydrogen (secondary N) is 2. The number of rotatable bonds is 5. The van der Waals surface area contributed by atoms with Gasteiger partial charge in [-0.25, -0.2) is 9.78 Å². The fourth-order valence-electron chi connectivity index (χ4n) is 3.04. The minimum Gasteiger partial charge on any atom is -0.383 e. The van der Waals surface area contributed by atoms with Gasteiger partial charge in [0, 0.05) is 39.1 Å². The van der Waals surface area contributed by atoms with Crippen LogP contribution in [0.2, 0.25) is 0 Å². The van der Waals surface area contributed by atoms with E-state index < -0.39 is 0 Å². The third-order valence-corrected chi connectivity index (χ3v) is 4.62. The first-order valence-electron chi connectivity index (χ1n) is 7.93. The zero-order valence-electron chi connectivity index (χ0n) is 13.3. The molecule has 2 unspecified atom stereocenters. The fourth-order valence-corrected chi connectivity index (χ4v) is 3.04. The molecule has 2 amide bonds. The molecule has 0 spiro atoms. The molecule has 1 aromatic rings. The molecule has 1 aromatic heterocycles. The van der Waals surface area contributed by atoms with E-state index in [1.54, 1.807) is 13.3 Å². The van der Waals surface area contributed by atoms with Crippen molar-refractivity contribution < 1.29 is 9.53 Å². The largest absolute Gasteiger partial charge is 0.383 e. The summed E-state index contributed by atoms with van der Waals surface area (Å²) < 4.78 is 5.23. The van der Waals surface area contributed by atoms with Crippen molar-refractivity contribution >= 4 is 6.03 Å². The van der Waals surface area contributed by atoms with Crippen molar-refractivity contribution in [2.45, 2.75) is 24.9 Å². The Hall–Kier alpha value is -1.60. The number of hydrogen-bond donors (Lipinski definition) is 2. The van der Waals surface area contributed by atoms with Crippen molar-refractivity contribution in [3.8, 4) is 0 Å².